The number of hydrogen-bond donors (Lipinski definition) is 0. The molecule has 0 amide bonds. The van der Waals surface area contributed by atoms with Crippen LogP contribution in [0, 0.1) is 5.92 Å². The highest BCUT2D eigenvalue weighted by molar-refractivity contribution is 5.33. The highest BCUT2D eigenvalue weighted by Crippen LogP contribution is 2.04. The third-order valence-electron chi connectivity index (χ3n) is 0.992. The zero-order valence-corrected chi connectivity index (χ0v) is 5.92. The Hall–Kier alpha value is -0.660. The monoisotopic (exact) mass is 129 g/mol. The van der Waals surface area contributed by atoms with E-state index in [1.807, 2.05) is 13.8 Å². The molecule has 3 heteroatoms. The van der Waals surface area contributed by atoms with Crippen LogP contribution >= 0.6 is 0 Å². The largest absolute Gasteiger partial charge is 0.359 e. The van der Waals surface area contributed by atoms with Gasteiger partial charge in [-0.05, 0) is 0 Å². The summed E-state index contributed by atoms with van der Waals surface area (Å²) in [5.41, 5.74) is 0. The van der Waals surface area contributed by atoms with Gasteiger partial charge < -0.3 is 4.74 Å². The molecule has 0 saturated heterocycles. The number of aliphatic imine (C=N–C) groups is 1. The van der Waals surface area contributed by atoms with Crippen LogP contribution in [0.25, 0.3) is 0 Å². The highest BCUT2D eigenvalue weighted by atomic mass is 16.5. The predicted molar refractivity (Wildman–Crippen MR) is 33.8 cm³/mol. The molecular weight excluding hydrogens is 118 g/mol. The number of nitrogens with zero attached hydrogens (tertiary/aromatic N) is 1. The molecule has 0 rings (SSSR count). The Bertz CT molecular complexity index is 116. The molecule has 0 aliphatic rings. The zero-order chi connectivity index (χ0) is 7.28. The van der Waals surface area contributed by atoms with Crippen molar-refractivity contribution in [2.24, 2.45) is 10.9 Å². The average molecular weight is 129 g/mol. The quantitative estimate of drug-likeness (QED) is 0.420. The molecule has 0 N–H and O–H groups in total. The lowest BCUT2D eigenvalue weighted by Gasteiger charge is -2.10. The highest BCUT2D eigenvalue weighted by Gasteiger charge is 2.08. The molecule has 1 unspecified atom stereocenters. The van der Waals surface area contributed by atoms with Crippen LogP contribution in [0.15, 0.2) is 4.99 Å². The van der Waals surface area contributed by atoms with Gasteiger partial charge in [-0.1, -0.05) is 13.8 Å². The first-order chi connectivity index (χ1) is 4.22. The number of ether oxygens (including phenoxy) is 1. The summed E-state index contributed by atoms with van der Waals surface area (Å²) in [6.07, 6.45) is 1.12. The van der Waals surface area contributed by atoms with Crippen molar-refractivity contribution in [1.82, 2.24) is 0 Å². The molecule has 0 radical (unpaired) electrons. The van der Waals surface area contributed by atoms with Crippen LogP contribution in [0.4, 0.5) is 0 Å². The third-order valence-corrected chi connectivity index (χ3v) is 0.992. The molecule has 0 aromatic rings. The standard InChI is InChI=1S/C6H11NO2/c1-5(2)6(9-3)7-4-8/h5-6H,1-3H3. The molecule has 1 atom stereocenters. The van der Waals surface area contributed by atoms with Gasteiger partial charge in [0.15, 0.2) is 6.23 Å². The van der Waals surface area contributed by atoms with Crippen LogP contribution in [-0.4, -0.2) is 19.4 Å². The molecule has 9 heavy (non-hydrogen) atoms. The van der Waals surface area contributed by atoms with Crippen LogP contribution in [0.3, 0.4) is 0 Å². The van der Waals surface area contributed by atoms with Crippen LogP contribution in [0.2, 0.25) is 0 Å². The lowest BCUT2D eigenvalue weighted by molar-refractivity contribution is 0.0726. The Morgan fingerprint density at radius 1 is 1.56 bits per heavy atom. The number of rotatable bonds is 3. The van der Waals surface area contributed by atoms with Crippen molar-refractivity contribution in [1.29, 1.82) is 0 Å². The normalized spacial score (nSPS) is 12.9. The lowest BCUT2D eigenvalue weighted by Crippen LogP contribution is -2.14. The van der Waals surface area contributed by atoms with Crippen molar-refractivity contribution < 1.29 is 9.53 Å². The third kappa shape index (κ3) is 3.01. The van der Waals surface area contributed by atoms with Crippen LogP contribution in [0.5, 0.6) is 0 Å². The summed E-state index contributed by atoms with van der Waals surface area (Å²) < 4.78 is 4.82. The first kappa shape index (κ1) is 8.34. The summed E-state index contributed by atoms with van der Waals surface area (Å²) in [5, 5.41) is 0. The van der Waals surface area contributed by atoms with Gasteiger partial charge in [0.1, 0.15) is 0 Å². The van der Waals surface area contributed by atoms with Gasteiger partial charge in [-0.25, -0.2) is 4.79 Å². The Balaban J connectivity index is 3.82. The van der Waals surface area contributed by atoms with Crippen LogP contribution in [0.1, 0.15) is 13.8 Å². The van der Waals surface area contributed by atoms with E-state index in [2.05, 4.69) is 4.99 Å². The molecule has 0 aromatic heterocycles. The van der Waals surface area contributed by atoms with Crippen molar-refractivity contribution in [2.75, 3.05) is 7.11 Å². The first-order valence-electron chi connectivity index (χ1n) is 2.82. The maximum Gasteiger partial charge on any atom is 0.237 e. The van der Waals surface area contributed by atoms with E-state index in [0.717, 1.165) is 0 Å². The molecule has 0 bridgehead atoms. The Morgan fingerprint density at radius 2 is 2.11 bits per heavy atom. The van der Waals surface area contributed by atoms with Crippen LogP contribution < -0.4 is 0 Å². The van der Waals surface area contributed by atoms with Crippen molar-refractivity contribution in [3.05, 3.63) is 0 Å². The maximum atomic E-state index is 9.71. The fraction of sp³-hybridized carbons (Fsp3) is 0.833. The van der Waals surface area contributed by atoms with Gasteiger partial charge in [0.2, 0.25) is 6.08 Å². The fourth-order valence-electron chi connectivity index (χ4n) is 0.526. The minimum absolute atomic E-state index is 0.233. The Labute approximate surface area is 54.7 Å². The zero-order valence-electron chi connectivity index (χ0n) is 5.92. The molecule has 0 aliphatic carbocycles. The second-order valence-electron chi connectivity index (χ2n) is 2.09. The minimum atomic E-state index is -0.331. The second kappa shape index (κ2) is 4.24. The van der Waals surface area contributed by atoms with E-state index < -0.39 is 0 Å². The molecule has 0 saturated carbocycles. The molecular formula is C6H11NO2. The second-order valence-corrected chi connectivity index (χ2v) is 2.09. The summed E-state index contributed by atoms with van der Waals surface area (Å²) in [6.45, 7) is 3.85. The summed E-state index contributed by atoms with van der Waals surface area (Å²) in [5.74, 6) is 0.233. The summed E-state index contributed by atoms with van der Waals surface area (Å²) in [7, 11) is 1.52. The topological polar surface area (TPSA) is 38.7 Å². The van der Waals surface area contributed by atoms with Crippen molar-refractivity contribution >= 4 is 6.08 Å². The molecule has 0 fully saturated rings. The van der Waals surface area contributed by atoms with Gasteiger partial charge in [-0.3, -0.25) is 0 Å². The van der Waals surface area contributed by atoms with Gasteiger partial charge in [-0.2, -0.15) is 4.99 Å². The lowest BCUT2D eigenvalue weighted by atomic mass is 10.2. The average Bonchev–Trinajstić information content (AvgIpc) is 1.82. The first-order valence-corrected chi connectivity index (χ1v) is 2.82. The van der Waals surface area contributed by atoms with Crippen LogP contribution in [-0.2, 0) is 9.53 Å². The fourth-order valence-corrected chi connectivity index (χ4v) is 0.526. The maximum absolute atomic E-state index is 9.71. The number of hydrogen-bond acceptors (Lipinski definition) is 3. The molecule has 0 spiro atoms. The van der Waals surface area contributed by atoms with E-state index in [9.17, 15) is 4.79 Å². The van der Waals surface area contributed by atoms with Gasteiger partial charge in [0, 0.05) is 13.0 Å². The van der Waals surface area contributed by atoms with E-state index in [0.29, 0.717) is 0 Å². The smallest absolute Gasteiger partial charge is 0.237 e. The van der Waals surface area contributed by atoms with E-state index in [-0.39, 0.29) is 12.1 Å². The van der Waals surface area contributed by atoms with E-state index in [1.165, 1.54) is 13.2 Å². The van der Waals surface area contributed by atoms with Gasteiger partial charge in [0.05, 0.1) is 0 Å². The minimum Gasteiger partial charge on any atom is -0.359 e. The van der Waals surface area contributed by atoms with Gasteiger partial charge in [-0.15, -0.1) is 0 Å². The number of carbonyl (C=O) groups excluding carboxylic acids is 1. The molecule has 0 aliphatic heterocycles. The molecule has 0 aromatic carbocycles. The molecule has 3 nitrogen and oxygen atoms in total. The van der Waals surface area contributed by atoms with E-state index in [4.69, 9.17) is 4.74 Å². The number of methoxy groups -OCH3 is 1. The SMILES string of the molecule is COC(N=C=O)C(C)C. The predicted octanol–water partition coefficient (Wildman–Crippen LogP) is 0.951. The summed E-state index contributed by atoms with van der Waals surface area (Å²) in [4.78, 5) is 13.1. The van der Waals surface area contributed by atoms with Gasteiger partial charge in [0.25, 0.3) is 0 Å². The number of isocyanates is 1. The Kier molecular flexibility index (Phi) is 3.93. The molecule has 52 valence electrons. The summed E-state index contributed by atoms with van der Waals surface area (Å²) >= 11 is 0. The van der Waals surface area contributed by atoms with Gasteiger partial charge >= 0.3 is 0 Å². The molecule has 0 heterocycles. The van der Waals surface area contributed by atoms with E-state index in [1.54, 1.807) is 0 Å². The van der Waals surface area contributed by atoms with Crippen molar-refractivity contribution in [2.45, 2.75) is 20.1 Å². The van der Waals surface area contributed by atoms with E-state index >= 15 is 0 Å². The van der Waals surface area contributed by atoms with Crippen molar-refractivity contribution in [3.8, 4) is 0 Å². The Morgan fingerprint density at radius 3 is 2.22 bits per heavy atom. The summed E-state index contributed by atoms with van der Waals surface area (Å²) in [6, 6.07) is 0. The van der Waals surface area contributed by atoms with Crippen molar-refractivity contribution in [3.63, 3.8) is 0 Å².